The van der Waals surface area contributed by atoms with Crippen molar-refractivity contribution in [2.45, 2.75) is 39.2 Å². The highest BCUT2D eigenvalue weighted by Gasteiger charge is 2.29. The van der Waals surface area contributed by atoms with Crippen molar-refractivity contribution in [2.24, 2.45) is 11.8 Å². The number of nitro benzene ring substituents is 1. The summed E-state index contributed by atoms with van der Waals surface area (Å²) >= 11 is 0. The standard InChI is InChI=1S/C20H30N4O3/c1-14-9-15(2)12-23(11-14)18-7-6-16(10-19(18)24(26)27)20(25)22-8-4-5-17(13-22)21-3/h6-7,10,14-15,17,21H,4-5,8-9,11-13H2,1-3H3. The Balaban J connectivity index is 1.85. The second-order valence-electron chi connectivity index (χ2n) is 8.19. The molecule has 0 saturated carbocycles. The Labute approximate surface area is 160 Å². The SMILES string of the molecule is CNC1CCCN(C(=O)c2ccc(N3CC(C)CC(C)C3)c([N+](=O)[O-])c2)C1. The van der Waals surface area contributed by atoms with Crippen LogP contribution in [0.2, 0.25) is 0 Å². The molecule has 0 aliphatic carbocycles. The van der Waals surface area contributed by atoms with E-state index in [1.165, 1.54) is 6.07 Å². The van der Waals surface area contributed by atoms with Crippen molar-refractivity contribution in [3.8, 4) is 0 Å². The first kappa shape index (κ1) is 19.6. The minimum atomic E-state index is -0.358. The summed E-state index contributed by atoms with van der Waals surface area (Å²) in [4.78, 5) is 28.2. The monoisotopic (exact) mass is 374 g/mol. The fourth-order valence-electron chi connectivity index (χ4n) is 4.51. The Morgan fingerprint density at radius 2 is 1.93 bits per heavy atom. The number of hydrogen-bond acceptors (Lipinski definition) is 5. The summed E-state index contributed by atoms with van der Waals surface area (Å²) in [5.74, 6) is 0.882. The number of rotatable bonds is 4. The number of anilines is 1. The van der Waals surface area contributed by atoms with Crippen LogP contribution < -0.4 is 10.2 Å². The molecule has 0 spiro atoms. The summed E-state index contributed by atoms with van der Waals surface area (Å²) in [6, 6.07) is 5.26. The van der Waals surface area contributed by atoms with Gasteiger partial charge in [-0.1, -0.05) is 13.8 Å². The summed E-state index contributed by atoms with van der Waals surface area (Å²) in [5, 5.41) is 14.9. The first-order chi connectivity index (χ1) is 12.9. The second kappa shape index (κ2) is 8.25. The van der Waals surface area contributed by atoms with Crippen molar-refractivity contribution < 1.29 is 9.72 Å². The first-order valence-electron chi connectivity index (χ1n) is 9.89. The molecule has 0 aromatic heterocycles. The Morgan fingerprint density at radius 1 is 1.22 bits per heavy atom. The average Bonchev–Trinajstić information content (AvgIpc) is 2.66. The number of hydrogen-bond donors (Lipinski definition) is 1. The highest BCUT2D eigenvalue weighted by Crippen LogP contribution is 2.34. The van der Waals surface area contributed by atoms with Crippen LogP contribution in [0.1, 0.15) is 43.5 Å². The number of carbonyl (C=O) groups is 1. The molecule has 2 saturated heterocycles. The molecule has 1 N–H and O–H groups in total. The van der Waals surface area contributed by atoms with Gasteiger partial charge in [0, 0.05) is 43.9 Å². The van der Waals surface area contributed by atoms with Gasteiger partial charge in [0.1, 0.15) is 5.69 Å². The number of likely N-dealkylation sites (N-methyl/N-ethyl adjacent to an activating group) is 1. The van der Waals surface area contributed by atoms with E-state index in [-0.39, 0.29) is 22.6 Å². The second-order valence-corrected chi connectivity index (χ2v) is 8.19. The first-order valence-corrected chi connectivity index (χ1v) is 9.89. The summed E-state index contributed by atoms with van der Waals surface area (Å²) in [7, 11) is 1.90. The molecule has 2 aliphatic rings. The van der Waals surface area contributed by atoms with Crippen LogP contribution in [0.4, 0.5) is 11.4 Å². The molecule has 2 heterocycles. The number of nitro groups is 1. The number of amides is 1. The average molecular weight is 374 g/mol. The normalized spacial score (nSPS) is 26.1. The predicted molar refractivity (Wildman–Crippen MR) is 106 cm³/mol. The maximum absolute atomic E-state index is 12.9. The van der Waals surface area contributed by atoms with E-state index in [4.69, 9.17) is 0 Å². The maximum atomic E-state index is 12.9. The van der Waals surface area contributed by atoms with Crippen LogP contribution in [-0.2, 0) is 0 Å². The number of carbonyl (C=O) groups excluding carboxylic acids is 1. The molecule has 7 nitrogen and oxygen atoms in total. The molecule has 1 amide bonds. The van der Waals surface area contributed by atoms with Gasteiger partial charge in [-0.05, 0) is 50.3 Å². The molecule has 7 heteroatoms. The third kappa shape index (κ3) is 4.40. The molecular formula is C20H30N4O3. The smallest absolute Gasteiger partial charge is 0.293 e. The Morgan fingerprint density at radius 3 is 2.56 bits per heavy atom. The lowest BCUT2D eigenvalue weighted by molar-refractivity contribution is -0.384. The minimum absolute atomic E-state index is 0.0318. The quantitative estimate of drug-likeness (QED) is 0.648. The van der Waals surface area contributed by atoms with Gasteiger partial charge in [0.15, 0.2) is 0 Å². The Hall–Kier alpha value is -2.15. The maximum Gasteiger partial charge on any atom is 0.293 e. The van der Waals surface area contributed by atoms with Gasteiger partial charge in [0.2, 0.25) is 0 Å². The van der Waals surface area contributed by atoms with Gasteiger partial charge in [-0.25, -0.2) is 0 Å². The Kier molecular flexibility index (Phi) is 5.99. The van der Waals surface area contributed by atoms with Crippen molar-refractivity contribution in [2.75, 3.05) is 38.1 Å². The zero-order chi connectivity index (χ0) is 19.6. The molecule has 2 fully saturated rings. The molecule has 0 bridgehead atoms. The molecule has 148 valence electrons. The van der Waals surface area contributed by atoms with Crippen molar-refractivity contribution in [3.63, 3.8) is 0 Å². The summed E-state index contributed by atoms with van der Waals surface area (Å²) in [6.45, 7) is 7.34. The number of likely N-dealkylation sites (tertiary alicyclic amines) is 1. The summed E-state index contributed by atoms with van der Waals surface area (Å²) < 4.78 is 0. The third-order valence-electron chi connectivity index (χ3n) is 5.75. The lowest BCUT2D eigenvalue weighted by Gasteiger charge is -2.36. The van der Waals surface area contributed by atoms with Crippen molar-refractivity contribution in [1.82, 2.24) is 10.2 Å². The van der Waals surface area contributed by atoms with Crippen LogP contribution in [0.25, 0.3) is 0 Å². The zero-order valence-corrected chi connectivity index (χ0v) is 16.5. The van der Waals surface area contributed by atoms with Gasteiger partial charge >= 0.3 is 0 Å². The largest absolute Gasteiger partial charge is 0.365 e. The summed E-state index contributed by atoms with van der Waals surface area (Å²) in [5.41, 5.74) is 1.06. The minimum Gasteiger partial charge on any atom is -0.365 e. The fraction of sp³-hybridized carbons (Fsp3) is 0.650. The summed E-state index contributed by atoms with van der Waals surface area (Å²) in [6.07, 6.45) is 3.13. The van der Waals surface area contributed by atoms with Gasteiger partial charge in [0.05, 0.1) is 4.92 Å². The highest BCUT2D eigenvalue weighted by molar-refractivity contribution is 5.96. The topological polar surface area (TPSA) is 78.7 Å². The van der Waals surface area contributed by atoms with Crippen molar-refractivity contribution in [1.29, 1.82) is 0 Å². The van der Waals surface area contributed by atoms with Crippen LogP contribution >= 0.6 is 0 Å². The van der Waals surface area contributed by atoms with Crippen LogP contribution in [0.5, 0.6) is 0 Å². The number of nitrogens with one attached hydrogen (secondary N) is 1. The zero-order valence-electron chi connectivity index (χ0n) is 16.5. The third-order valence-corrected chi connectivity index (χ3v) is 5.75. The molecule has 3 unspecified atom stereocenters. The molecular weight excluding hydrogens is 344 g/mol. The van der Waals surface area contributed by atoms with Crippen LogP contribution in [0, 0.1) is 22.0 Å². The number of nitrogens with zero attached hydrogens (tertiary/aromatic N) is 3. The van der Waals surface area contributed by atoms with Crippen molar-refractivity contribution in [3.05, 3.63) is 33.9 Å². The van der Waals surface area contributed by atoms with E-state index in [1.807, 2.05) is 7.05 Å². The van der Waals surface area contributed by atoms with Gasteiger partial charge in [-0.3, -0.25) is 14.9 Å². The molecule has 1 aromatic rings. The van der Waals surface area contributed by atoms with Gasteiger partial charge in [-0.15, -0.1) is 0 Å². The predicted octanol–water partition coefficient (Wildman–Crippen LogP) is 2.90. The highest BCUT2D eigenvalue weighted by atomic mass is 16.6. The van der Waals surface area contributed by atoms with Crippen molar-refractivity contribution >= 4 is 17.3 Å². The molecule has 3 atom stereocenters. The number of benzene rings is 1. The fourth-order valence-corrected chi connectivity index (χ4v) is 4.51. The lowest BCUT2D eigenvalue weighted by Crippen LogP contribution is -2.47. The van der Waals surface area contributed by atoms with E-state index in [2.05, 4.69) is 24.1 Å². The van der Waals surface area contributed by atoms with E-state index in [1.54, 1.807) is 17.0 Å². The lowest BCUT2D eigenvalue weighted by atomic mass is 9.91. The molecule has 0 radical (unpaired) electrons. The Bertz CT molecular complexity index is 698. The molecule has 1 aromatic carbocycles. The van der Waals surface area contributed by atoms with Gasteiger partial charge in [0.25, 0.3) is 11.6 Å². The van der Waals surface area contributed by atoms with Crippen LogP contribution in [0.15, 0.2) is 18.2 Å². The van der Waals surface area contributed by atoms with E-state index in [0.717, 1.165) is 32.4 Å². The molecule has 3 rings (SSSR count). The van der Waals surface area contributed by atoms with Gasteiger partial charge in [-0.2, -0.15) is 0 Å². The number of piperidine rings is 2. The van der Waals surface area contributed by atoms with Gasteiger partial charge < -0.3 is 15.1 Å². The van der Waals surface area contributed by atoms with Crippen LogP contribution in [-0.4, -0.2) is 55.0 Å². The molecule has 27 heavy (non-hydrogen) atoms. The van der Waals surface area contributed by atoms with E-state index in [9.17, 15) is 14.9 Å². The van der Waals surface area contributed by atoms with E-state index < -0.39 is 0 Å². The van der Waals surface area contributed by atoms with E-state index >= 15 is 0 Å². The van der Waals surface area contributed by atoms with E-state index in [0.29, 0.717) is 36.2 Å². The molecule has 2 aliphatic heterocycles. The van der Waals surface area contributed by atoms with Crippen LogP contribution in [0.3, 0.4) is 0 Å².